The predicted octanol–water partition coefficient (Wildman–Crippen LogP) is 6.20. The number of carbonyl (C=O) groups excluding carboxylic acids is 4. The van der Waals surface area contributed by atoms with E-state index in [-0.39, 0.29) is 23.9 Å². The number of ether oxygens (including phenoxy) is 3. The highest BCUT2D eigenvalue weighted by Crippen LogP contribution is 2.36. The van der Waals surface area contributed by atoms with Crippen LogP contribution < -0.4 is 29.7 Å². The van der Waals surface area contributed by atoms with E-state index < -0.39 is 17.1 Å². The number of thioether (sulfide) groups is 1. The lowest BCUT2D eigenvalue weighted by Gasteiger charge is -2.15. The van der Waals surface area contributed by atoms with Crippen LogP contribution in [0.3, 0.4) is 0 Å². The molecule has 0 aliphatic carbocycles. The zero-order valence-electron chi connectivity index (χ0n) is 25.6. The van der Waals surface area contributed by atoms with E-state index in [4.69, 9.17) is 25.8 Å². The van der Waals surface area contributed by atoms with Gasteiger partial charge < -0.3 is 24.8 Å². The van der Waals surface area contributed by atoms with Crippen molar-refractivity contribution < 1.29 is 33.4 Å². The largest absolute Gasteiger partial charge is 0.496 e. The Morgan fingerprint density at radius 2 is 1.49 bits per heavy atom. The molecule has 1 aliphatic rings. The number of imide groups is 1. The molecule has 5 rings (SSSR count). The zero-order valence-corrected chi connectivity index (χ0v) is 27.2. The van der Waals surface area contributed by atoms with Crippen LogP contribution in [0.4, 0.5) is 11.4 Å². The van der Waals surface area contributed by atoms with E-state index >= 15 is 0 Å². The van der Waals surface area contributed by atoms with Gasteiger partial charge in [-0.1, -0.05) is 29.8 Å². The number of methoxy groups -OCH3 is 3. The van der Waals surface area contributed by atoms with Crippen LogP contribution in [-0.4, -0.2) is 50.2 Å². The minimum absolute atomic E-state index is 0.0550. The molecule has 1 heterocycles. The van der Waals surface area contributed by atoms with Gasteiger partial charge in [0.05, 0.1) is 32.3 Å². The summed E-state index contributed by atoms with van der Waals surface area (Å²) in [5.41, 5.74) is 1.68. The van der Waals surface area contributed by atoms with Gasteiger partial charge >= 0.3 is 0 Å². The number of amides is 4. The van der Waals surface area contributed by atoms with Crippen LogP contribution >= 0.6 is 23.4 Å². The van der Waals surface area contributed by atoms with Crippen LogP contribution in [-0.2, 0) is 14.4 Å². The fraction of sp³-hybridized carbons (Fsp3) is 0.143. The van der Waals surface area contributed by atoms with Gasteiger partial charge in [-0.15, -0.1) is 11.8 Å². The molecule has 0 aromatic heterocycles. The second-order valence-corrected chi connectivity index (χ2v) is 11.9. The number of nitrogens with zero attached hydrogens (tertiary/aromatic N) is 1. The van der Waals surface area contributed by atoms with Crippen molar-refractivity contribution in [2.45, 2.75) is 16.6 Å². The third-order valence-electron chi connectivity index (χ3n) is 7.15. The Morgan fingerprint density at radius 1 is 0.851 bits per heavy atom. The Bertz CT molecular complexity index is 1830. The van der Waals surface area contributed by atoms with Crippen molar-refractivity contribution in [2.24, 2.45) is 0 Å². The fourth-order valence-corrected chi connectivity index (χ4v) is 5.98. The van der Waals surface area contributed by atoms with Crippen LogP contribution in [0.5, 0.6) is 17.2 Å². The Balaban J connectivity index is 1.35. The van der Waals surface area contributed by atoms with Gasteiger partial charge in [0, 0.05) is 39.2 Å². The maximum Gasteiger partial charge on any atom is 0.272 e. The number of nitrogens with one attached hydrogen (secondary N) is 2. The normalized spacial score (nSPS) is 14.5. The van der Waals surface area contributed by atoms with E-state index in [9.17, 15) is 19.2 Å². The molecule has 47 heavy (non-hydrogen) atoms. The quantitative estimate of drug-likeness (QED) is 0.143. The lowest BCUT2D eigenvalue weighted by Crippen LogP contribution is -2.31. The smallest absolute Gasteiger partial charge is 0.272 e. The average molecular weight is 672 g/mol. The highest BCUT2D eigenvalue weighted by Gasteiger charge is 2.40. The zero-order chi connectivity index (χ0) is 33.5. The summed E-state index contributed by atoms with van der Waals surface area (Å²) in [4.78, 5) is 54.4. The molecule has 4 aromatic rings. The van der Waals surface area contributed by atoms with Gasteiger partial charge in [0.15, 0.2) is 11.5 Å². The molecule has 2 N–H and O–H groups in total. The fourth-order valence-electron chi connectivity index (χ4n) is 4.80. The summed E-state index contributed by atoms with van der Waals surface area (Å²) in [6, 6.07) is 25.1. The molecule has 4 aromatic carbocycles. The van der Waals surface area contributed by atoms with Crippen molar-refractivity contribution in [1.82, 2.24) is 5.32 Å². The molecule has 10 nitrogen and oxygen atoms in total. The Morgan fingerprint density at radius 3 is 2.13 bits per heavy atom. The molecule has 12 heteroatoms. The van der Waals surface area contributed by atoms with Crippen molar-refractivity contribution in [3.63, 3.8) is 0 Å². The van der Waals surface area contributed by atoms with E-state index in [1.807, 2.05) is 0 Å². The monoisotopic (exact) mass is 671 g/mol. The van der Waals surface area contributed by atoms with E-state index in [0.717, 1.165) is 4.90 Å². The molecular weight excluding hydrogens is 642 g/mol. The van der Waals surface area contributed by atoms with Gasteiger partial charge in [0.2, 0.25) is 11.8 Å². The number of rotatable bonds is 11. The Kier molecular flexibility index (Phi) is 10.5. The third-order valence-corrected chi connectivity index (χ3v) is 8.59. The van der Waals surface area contributed by atoms with Gasteiger partial charge in [-0.25, -0.2) is 4.90 Å². The SMILES string of the molecule is COc1cc(OC)c(OC)cc1/C=C(\NC(=O)c1ccccc1)C(=O)Nc1ccc(SC2CC(=O)N(c3ccc(Cl)cc3)C2=O)cc1. The Labute approximate surface area is 280 Å². The maximum absolute atomic E-state index is 13.6. The van der Waals surface area contributed by atoms with Gasteiger partial charge in [0.1, 0.15) is 11.4 Å². The first-order valence-corrected chi connectivity index (χ1v) is 15.5. The number of hydrogen-bond acceptors (Lipinski definition) is 8. The maximum atomic E-state index is 13.6. The minimum Gasteiger partial charge on any atom is -0.496 e. The molecule has 1 aliphatic heterocycles. The van der Waals surface area contributed by atoms with Crippen molar-refractivity contribution in [3.8, 4) is 17.2 Å². The second kappa shape index (κ2) is 14.9. The first kappa shape index (κ1) is 33.1. The number of carbonyl (C=O) groups is 4. The summed E-state index contributed by atoms with van der Waals surface area (Å²) in [6.07, 6.45) is 1.54. The van der Waals surface area contributed by atoms with Crippen molar-refractivity contribution in [3.05, 3.63) is 113 Å². The first-order chi connectivity index (χ1) is 22.7. The summed E-state index contributed by atoms with van der Waals surface area (Å²) in [5.74, 6) is -0.460. The topological polar surface area (TPSA) is 123 Å². The van der Waals surface area contributed by atoms with Gasteiger partial charge in [-0.05, 0) is 72.8 Å². The minimum atomic E-state index is -0.599. The Hall–Kier alpha value is -5.26. The van der Waals surface area contributed by atoms with E-state index in [1.165, 1.54) is 44.1 Å². The van der Waals surface area contributed by atoms with Gasteiger partial charge in [-0.2, -0.15) is 0 Å². The summed E-state index contributed by atoms with van der Waals surface area (Å²) in [5, 5.41) is 5.42. The lowest BCUT2D eigenvalue weighted by atomic mass is 10.1. The van der Waals surface area contributed by atoms with Crippen LogP contribution in [0.1, 0.15) is 22.3 Å². The molecule has 1 atom stereocenters. The van der Waals surface area contributed by atoms with E-state index in [2.05, 4.69) is 10.6 Å². The molecule has 0 bridgehead atoms. The number of hydrogen-bond donors (Lipinski definition) is 2. The molecular formula is C35H30ClN3O7S. The standard InChI is InChI=1S/C35H30ClN3O7S/c1-44-28-19-30(46-3)29(45-2)18-22(28)17-27(38-33(41)21-7-5-4-6-8-21)34(42)37-24-11-15-26(16-12-24)47-31-20-32(40)39(35(31)43)25-13-9-23(36)10-14-25/h4-19,31H,20H2,1-3H3,(H,37,42)(H,38,41)/b27-17-. The van der Waals surface area contributed by atoms with Crippen LogP contribution in [0.25, 0.3) is 6.08 Å². The van der Waals surface area contributed by atoms with E-state index in [1.54, 1.807) is 91.0 Å². The summed E-state index contributed by atoms with van der Waals surface area (Å²) in [7, 11) is 4.46. The van der Waals surface area contributed by atoms with Crippen molar-refractivity contribution >= 4 is 64.4 Å². The molecule has 1 fully saturated rings. The summed E-state index contributed by atoms with van der Waals surface area (Å²) < 4.78 is 16.3. The van der Waals surface area contributed by atoms with Crippen LogP contribution in [0.2, 0.25) is 5.02 Å². The third kappa shape index (κ3) is 7.76. The summed E-state index contributed by atoms with van der Waals surface area (Å²) >= 11 is 7.21. The molecule has 0 radical (unpaired) electrons. The van der Waals surface area contributed by atoms with Crippen LogP contribution in [0, 0.1) is 0 Å². The molecule has 0 spiro atoms. The van der Waals surface area contributed by atoms with Crippen molar-refractivity contribution in [2.75, 3.05) is 31.5 Å². The molecule has 1 saturated heterocycles. The lowest BCUT2D eigenvalue weighted by molar-refractivity contribution is -0.121. The van der Waals surface area contributed by atoms with Crippen molar-refractivity contribution in [1.29, 1.82) is 0 Å². The second-order valence-electron chi connectivity index (χ2n) is 10.2. The summed E-state index contributed by atoms with van der Waals surface area (Å²) in [6.45, 7) is 0. The van der Waals surface area contributed by atoms with E-state index in [0.29, 0.717) is 44.8 Å². The average Bonchev–Trinajstić information content (AvgIpc) is 3.37. The van der Waals surface area contributed by atoms with Gasteiger partial charge in [-0.3, -0.25) is 19.2 Å². The highest BCUT2D eigenvalue weighted by atomic mass is 35.5. The number of halogens is 1. The predicted molar refractivity (Wildman–Crippen MR) is 181 cm³/mol. The van der Waals surface area contributed by atoms with Gasteiger partial charge in [0.25, 0.3) is 11.8 Å². The first-order valence-electron chi connectivity index (χ1n) is 14.3. The molecule has 0 saturated carbocycles. The number of anilines is 2. The molecule has 240 valence electrons. The number of benzene rings is 4. The highest BCUT2D eigenvalue weighted by molar-refractivity contribution is 8.00. The molecule has 1 unspecified atom stereocenters. The van der Waals surface area contributed by atoms with Crippen LogP contribution in [0.15, 0.2) is 102 Å². The molecule has 4 amide bonds.